The fourth-order valence-electron chi connectivity index (χ4n) is 5.93. The second-order valence-electron chi connectivity index (χ2n) is 12.7. The molecule has 0 spiro atoms. The number of allylic oxidation sites excluding steroid dienone is 1. The van der Waals surface area contributed by atoms with Crippen molar-refractivity contribution in [1.29, 1.82) is 5.41 Å². The molecule has 12 nitrogen and oxygen atoms in total. The van der Waals surface area contributed by atoms with Crippen LogP contribution in [0.2, 0.25) is 0 Å². The third kappa shape index (κ3) is 6.15. The van der Waals surface area contributed by atoms with Crippen molar-refractivity contribution < 1.29 is 28.7 Å². The first kappa shape index (κ1) is 29.5. The average molecular weight is 559 g/mol. The molecular weight excluding hydrogens is 516 g/mol. The fourth-order valence-corrected chi connectivity index (χ4v) is 5.93. The molecule has 4 aliphatic rings. The number of aliphatic imine (C=N–C) groups is 1. The molecule has 0 unspecified atom stereocenters. The number of amides is 4. The van der Waals surface area contributed by atoms with E-state index < -0.39 is 53.2 Å². The second-order valence-corrected chi connectivity index (χ2v) is 12.7. The molecule has 4 amide bonds. The first-order valence-corrected chi connectivity index (χ1v) is 14.1. The molecule has 2 saturated heterocycles. The van der Waals surface area contributed by atoms with E-state index in [2.05, 4.69) is 15.6 Å². The van der Waals surface area contributed by atoms with Crippen LogP contribution in [0.5, 0.6) is 0 Å². The molecule has 4 rings (SSSR count). The van der Waals surface area contributed by atoms with Crippen LogP contribution in [0, 0.1) is 22.7 Å². The molecule has 0 aromatic heterocycles. The molecule has 1 saturated carbocycles. The lowest BCUT2D eigenvalue weighted by atomic mass is 9.85. The number of hydrogen-bond donors (Lipinski definition) is 3. The lowest BCUT2D eigenvalue weighted by Gasteiger charge is -2.35. The highest BCUT2D eigenvalue weighted by Crippen LogP contribution is 2.49. The number of nitrogens with zero attached hydrogens (tertiary/aromatic N) is 3. The average Bonchev–Trinajstić information content (AvgIpc) is 3.35. The van der Waals surface area contributed by atoms with Crippen LogP contribution >= 0.6 is 0 Å². The van der Waals surface area contributed by atoms with E-state index in [4.69, 9.17) is 14.9 Å². The molecule has 0 aromatic carbocycles. The van der Waals surface area contributed by atoms with Crippen LogP contribution in [0.25, 0.3) is 0 Å². The van der Waals surface area contributed by atoms with Crippen molar-refractivity contribution in [2.24, 2.45) is 22.2 Å². The zero-order valence-corrected chi connectivity index (χ0v) is 24.3. The molecule has 12 heteroatoms. The molecule has 220 valence electrons. The highest BCUT2D eigenvalue weighted by Gasteiger charge is 2.54. The number of ether oxygens (including phenoxy) is 2. The van der Waals surface area contributed by atoms with E-state index in [9.17, 15) is 19.2 Å². The Labute approximate surface area is 235 Å². The van der Waals surface area contributed by atoms with Crippen molar-refractivity contribution in [3.63, 3.8) is 0 Å². The maximum atomic E-state index is 14.0. The van der Waals surface area contributed by atoms with E-state index in [1.54, 1.807) is 0 Å². The van der Waals surface area contributed by atoms with Crippen molar-refractivity contribution in [2.75, 3.05) is 13.1 Å². The highest BCUT2D eigenvalue weighted by atomic mass is 16.6. The van der Waals surface area contributed by atoms with Crippen LogP contribution in [0.4, 0.5) is 9.59 Å². The minimum Gasteiger partial charge on any atom is -0.459 e. The predicted molar refractivity (Wildman–Crippen MR) is 148 cm³/mol. The van der Waals surface area contributed by atoms with Gasteiger partial charge in [0.25, 0.3) is 0 Å². The highest BCUT2D eigenvalue weighted by molar-refractivity contribution is 5.98. The van der Waals surface area contributed by atoms with Crippen LogP contribution in [-0.2, 0) is 19.1 Å². The van der Waals surface area contributed by atoms with Crippen LogP contribution in [0.15, 0.2) is 16.9 Å². The number of carbonyl (C=O) groups excluding carboxylic acids is 4. The van der Waals surface area contributed by atoms with E-state index in [1.165, 1.54) is 22.8 Å². The topological polar surface area (TPSA) is 153 Å². The van der Waals surface area contributed by atoms with Crippen LogP contribution < -0.4 is 10.6 Å². The van der Waals surface area contributed by atoms with Crippen LogP contribution in [0.1, 0.15) is 73.6 Å². The molecule has 0 radical (unpaired) electrons. The van der Waals surface area contributed by atoms with E-state index >= 15 is 0 Å². The number of carbonyl (C=O) groups is 4. The maximum absolute atomic E-state index is 14.0. The van der Waals surface area contributed by atoms with Gasteiger partial charge in [0.15, 0.2) is 5.78 Å². The number of fused-ring (bicyclic) bond motifs is 4. The summed E-state index contributed by atoms with van der Waals surface area (Å²) in [7, 11) is 0. The van der Waals surface area contributed by atoms with Gasteiger partial charge in [-0.2, -0.15) is 4.99 Å². The number of rotatable bonds is 2. The Bertz CT molecular complexity index is 1130. The van der Waals surface area contributed by atoms with Gasteiger partial charge in [-0.25, -0.2) is 14.5 Å². The van der Waals surface area contributed by atoms with Crippen molar-refractivity contribution in [3.05, 3.63) is 11.9 Å². The molecule has 40 heavy (non-hydrogen) atoms. The smallest absolute Gasteiger partial charge is 0.408 e. The monoisotopic (exact) mass is 558 g/mol. The Morgan fingerprint density at radius 3 is 2.58 bits per heavy atom. The summed E-state index contributed by atoms with van der Waals surface area (Å²) in [6.45, 7) is 11.2. The molecule has 2 bridgehead atoms. The summed E-state index contributed by atoms with van der Waals surface area (Å²) in [6.07, 6.45) is 5.23. The zero-order valence-electron chi connectivity index (χ0n) is 24.3. The third-order valence-electron chi connectivity index (χ3n) is 8.41. The van der Waals surface area contributed by atoms with E-state index in [-0.39, 0.29) is 30.1 Å². The van der Waals surface area contributed by atoms with Crippen molar-refractivity contribution >= 4 is 36.1 Å². The standard InChI is InChI=1S/C28H42N6O6/c1-16-19-15-34(21(16)17(2)35)23(36)22(27(3,4)5)32-26(38)40-28(6)14-18(28)10-8-7-9-13-33-24(37)30-20(11-12-29)31-25(33)39-19/h11-12,16,18-19,21-22,29H,7-10,13-15H2,1-6H3,(H,30,37)(H,32,38)/b20-11+,29-12?/t16-,18-,19+,21+,22-,28-/m1/s1. The lowest BCUT2D eigenvalue weighted by Crippen LogP contribution is -2.57. The summed E-state index contributed by atoms with van der Waals surface area (Å²) in [6, 6.07) is -2.05. The maximum Gasteiger partial charge on any atom is 0.408 e. The summed E-state index contributed by atoms with van der Waals surface area (Å²) in [4.78, 5) is 60.2. The predicted octanol–water partition coefficient (Wildman–Crippen LogP) is 3.17. The van der Waals surface area contributed by atoms with E-state index in [0.717, 1.165) is 31.9 Å². The largest absolute Gasteiger partial charge is 0.459 e. The normalized spacial score (nSPS) is 34.6. The quantitative estimate of drug-likeness (QED) is 0.443. The van der Waals surface area contributed by atoms with Crippen molar-refractivity contribution in [1.82, 2.24) is 20.4 Å². The van der Waals surface area contributed by atoms with Gasteiger partial charge in [-0.1, -0.05) is 40.5 Å². The Kier molecular flexibility index (Phi) is 8.28. The Hall–Kier alpha value is -3.44. The Morgan fingerprint density at radius 1 is 1.20 bits per heavy atom. The molecular formula is C28H42N6O6. The summed E-state index contributed by atoms with van der Waals surface area (Å²) in [5, 5.41) is 12.9. The van der Waals surface area contributed by atoms with Gasteiger partial charge in [0.1, 0.15) is 23.6 Å². The van der Waals surface area contributed by atoms with E-state index in [1.807, 2.05) is 34.6 Å². The fraction of sp³-hybridized carbons (Fsp3) is 0.714. The van der Waals surface area contributed by atoms with Crippen LogP contribution in [-0.4, -0.2) is 82.7 Å². The Balaban J connectivity index is 1.69. The van der Waals surface area contributed by atoms with Gasteiger partial charge in [0, 0.05) is 24.6 Å². The van der Waals surface area contributed by atoms with Gasteiger partial charge in [-0.15, -0.1) is 0 Å². The molecule has 0 aromatic rings. The SMILES string of the molecule is CC(=O)[C@@H]1[C@H](C)[C@@H]2CN1C(=O)[C@H](C(C)(C)C)NC(=O)O[C@]1(C)C[C@H]1CCCCCN1C(=O)N/C(=C\C=N)N=C1O2. The number of Topliss-reactive ketones (excluding diaryl/α,β-unsaturated/α-hetero) is 1. The number of nitrogens with one attached hydrogen (secondary N) is 3. The van der Waals surface area contributed by atoms with Gasteiger partial charge in [-0.05, 0) is 44.6 Å². The molecule has 6 atom stereocenters. The summed E-state index contributed by atoms with van der Waals surface area (Å²) < 4.78 is 12.1. The number of alkyl carbamates (subject to hydrolysis) is 1. The Morgan fingerprint density at radius 2 is 1.93 bits per heavy atom. The van der Waals surface area contributed by atoms with Gasteiger partial charge in [0.2, 0.25) is 5.91 Å². The molecule has 3 N–H and O–H groups in total. The molecule has 1 aliphatic carbocycles. The number of amidine groups is 1. The number of urea groups is 1. The third-order valence-corrected chi connectivity index (χ3v) is 8.41. The van der Waals surface area contributed by atoms with Gasteiger partial charge in [0.05, 0.1) is 12.6 Å². The summed E-state index contributed by atoms with van der Waals surface area (Å²) in [5.74, 6) is -0.599. The number of hydrogen-bond acceptors (Lipinski definition) is 8. The summed E-state index contributed by atoms with van der Waals surface area (Å²) in [5.41, 5.74) is -1.24. The zero-order chi connectivity index (χ0) is 29.4. The molecule has 3 aliphatic heterocycles. The van der Waals surface area contributed by atoms with Gasteiger partial charge >= 0.3 is 18.1 Å². The summed E-state index contributed by atoms with van der Waals surface area (Å²) >= 11 is 0. The second kappa shape index (κ2) is 11.2. The number of ketones is 1. The lowest BCUT2D eigenvalue weighted by molar-refractivity contribution is -0.141. The molecule has 3 heterocycles. The first-order valence-electron chi connectivity index (χ1n) is 14.1. The van der Waals surface area contributed by atoms with Crippen molar-refractivity contribution in [3.8, 4) is 0 Å². The minimum atomic E-state index is -0.941. The molecule has 3 fully saturated rings. The van der Waals surface area contributed by atoms with Gasteiger partial charge in [-0.3, -0.25) is 14.9 Å². The van der Waals surface area contributed by atoms with Gasteiger partial charge < -0.3 is 25.1 Å². The van der Waals surface area contributed by atoms with Crippen LogP contribution in [0.3, 0.4) is 0 Å². The van der Waals surface area contributed by atoms with E-state index in [0.29, 0.717) is 13.0 Å². The van der Waals surface area contributed by atoms with Crippen molar-refractivity contribution in [2.45, 2.75) is 97.4 Å². The minimum absolute atomic E-state index is 0.0748. The first-order chi connectivity index (χ1) is 18.7.